The van der Waals surface area contributed by atoms with Gasteiger partial charge in [0, 0.05) is 24.7 Å². The van der Waals surface area contributed by atoms with Gasteiger partial charge >= 0.3 is 0 Å². The molecule has 6 heteroatoms. The maximum Gasteiger partial charge on any atom is 0.266 e. The fourth-order valence-corrected chi connectivity index (χ4v) is 3.85. The fourth-order valence-electron chi connectivity index (χ4n) is 2.74. The Labute approximate surface area is 127 Å². The van der Waals surface area contributed by atoms with Gasteiger partial charge in [-0.05, 0) is 30.9 Å². The van der Waals surface area contributed by atoms with Crippen molar-refractivity contribution < 1.29 is 9.90 Å². The topological polar surface area (TPSA) is 79.5 Å². The normalized spacial score (nSPS) is 22.7. The number of β-amino-alcohol motifs (C(OH)–C–C–N with tert-alkyl or cyclic N) is 1. The van der Waals surface area contributed by atoms with Crippen LogP contribution in [0.5, 0.6) is 0 Å². The lowest BCUT2D eigenvalue weighted by molar-refractivity contribution is 0.0252. The van der Waals surface area contributed by atoms with Gasteiger partial charge < -0.3 is 15.7 Å². The van der Waals surface area contributed by atoms with Gasteiger partial charge in [0.25, 0.3) is 5.91 Å². The molecule has 3 N–H and O–H groups in total. The molecule has 0 bridgehead atoms. The molecule has 0 saturated carbocycles. The molecule has 2 atom stereocenters. The van der Waals surface area contributed by atoms with Crippen LogP contribution in [0.4, 0.5) is 5.69 Å². The molecule has 3 heterocycles. The summed E-state index contributed by atoms with van der Waals surface area (Å²) in [7, 11) is 0. The van der Waals surface area contributed by atoms with Crippen LogP contribution in [0.1, 0.15) is 28.6 Å². The number of nitrogens with zero attached hydrogens (tertiary/aromatic N) is 2. The summed E-state index contributed by atoms with van der Waals surface area (Å²) >= 11 is 1.33. The molecule has 21 heavy (non-hydrogen) atoms. The first kappa shape index (κ1) is 14.3. The van der Waals surface area contributed by atoms with E-state index in [1.807, 2.05) is 19.9 Å². The first-order valence-electron chi connectivity index (χ1n) is 7.10. The van der Waals surface area contributed by atoms with E-state index >= 15 is 0 Å². The molecule has 0 aromatic carbocycles. The molecule has 1 amide bonds. The predicted molar refractivity (Wildman–Crippen MR) is 84.5 cm³/mol. The van der Waals surface area contributed by atoms with E-state index in [9.17, 15) is 9.90 Å². The van der Waals surface area contributed by atoms with Crippen LogP contribution >= 0.6 is 11.3 Å². The highest BCUT2D eigenvalue weighted by Gasteiger charge is 2.30. The van der Waals surface area contributed by atoms with Gasteiger partial charge in [-0.3, -0.25) is 4.79 Å². The van der Waals surface area contributed by atoms with Crippen LogP contribution in [0.25, 0.3) is 10.2 Å². The third kappa shape index (κ3) is 2.38. The molecule has 0 aliphatic carbocycles. The Hall–Kier alpha value is -1.66. The van der Waals surface area contributed by atoms with Crippen molar-refractivity contribution in [1.29, 1.82) is 0 Å². The number of fused-ring (bicyclic) bond motifs is 1. The zero-order valence-corrected chi connectivity index (χ0v) is 13.0. The molecule has 5 nitrogen and oxygen atoms in total. The summed E-state index contributed by atoms with van der Waals surface area (Å²) in [6.45, 7) is 5.01. The number of aromatic nitrogens is 1. The second kappa shape index (κ2) is 5.27. The third-order valence-electron chi connectivity index (χ3n) is 4.24. The summed E-state index contributed by atoms with van der Waals surface area (Å²) in [6.07, 6.45) is 2.08. The zero-order valence-electron chi connectivity index (χ0n) is 12.2. The lowest BCUT2D eigenvalue weighted by Gasteiger charge is -2.34. The number of thiophene rings is 1. The van der Waals surface area contributed by atoms with E-state index in [1.165, 1.54) is 11.3 Å². The molecule has 1 saturated heterocycles. The van der Waals surface area contributed by atoms with Crippen LogP contribution in [-0.4, -0.2) is 40.1 Å². The van der Waals surface area contributed by atoms with Crippen molar-refractivity contribution in [3.8, 4) is 0 Å². The molecule has 0 spiro atoms. The number of aliphatic hydroxyl groups is 1. The number of carbonyl (C=O) groups is 1. The predicted octanol–water partition coefficient (Wildman–Crippen LogP) is 2.03. The SMILES string of the molecule is Cc1ccnc2sc(C(=O)N3CCC(C)C(O)C3)c(N)c12. The molecule has 0 radical (unpaired) electrons. The summed E-state index contributed by atoms with van der Waals surface area (Å²) in [5, 5.41) is 10.8. The van der Waals surface area contributed by atoms with Gasteiger partial charge in [0.1, 0.15) is 9.71 Å². The lowest BCUT2D eigenvalue weighted by Crippen LogP contribution is -2.45. The number of piperidine rings is 1. The monoisotopic (exact) mass is 305 g/mol. The summed E-state index contributed by atoms with van der Waals surface area (Å²) < 4.78 is 0. The summed E-state index contributed by atoms with van der Waals surface area (Å²) in [5.74, 6) is 0.138. The number of nitrogen functional groups attached to an aromatic ring is 1. The fraction of sp³-hybridized carbons (Fsp3) is 0.467. The van der Waals surface area contributed by atoms with Crippen LogP contribution < -0.4 is 5.73 Å². The number of pyridine rings is 1. The van der Waals surface area contributed by atoms with Crippen molar-refractivity contribution in [1.82, 2.24) is 9.88 Å². The summed E-state index contributed by atoms with van der Waals surface area (Å²) in [6, 6.07) is 1.89. The highest BCUT2D eigenvalue weighted by Crippen LogP contribution is 2.35. The molecule has 1 fully saturated rings. The molecule has 1 aliphatic heterocycles. The van der Waals surface area contributed by atoms with Crippen LogP contribution in [-0.2, 0) is 0 Å². The van der Waals surface area contributed by atoms with Gasteiger partial charge in [0.2, 0.25) is 0 Å². The van der Waals surface area contributed by atoms with Crippen molar-refractivity contribution in [2.24, 2.45) is 5.92 Å². The van der Waals surface area contributed by atoms with Gasteiger partial charge in [0.05, 0.1) is 11.8 Å². The standard InChI is InChI=1S/C15H19N3O2S/c1-8-4-6-18(7-10(8)19)15(20)13-12(16)11-9(2)3-5-17-14(11)21-13/h3,5,8,10,19H,4,6-7,16H2,1-2H3. The molecule has 3 rings (SSSR count). The smallest absolute Gasteiger partial charge is 0.266 e. The molecule has 2 unspecified atom stereocenters. The first-order valence-corrected chi connectivity index (χ1v) is 7.91. The number of hydrogen-bond acceptors (Lipinski definition) is 5. The largest absolute Gasteiger partial charge is 0.397 e. The van der Waals surface area contributed by atoms with E-state index < -0.39 is 6.10 Å². The van der Waals surface area contributed by atoms with Crippen LogP contribution in [0, 0.1) is 12.8 Å². The zero-order chi connectivity index (χ0) is 15.1. The first-order chi connectivity index (χ1) is 9.99. The number of anilines is 1. The second-order valence-electron chi connectivity index (χ2n) is 5.74. The van der Waals surface area contributed by atoms with E-state index in [0.717, 1.165) is 22.2 Å². The van der Waals surface area contributed by atoms with Gasteiger partial charge in [-0.1, -0.05) is 6.92 Å². The third-order valence-corrected chi connectivity index (χ3v) is 5.34. The van der Waals surface area contributed by atoms with Gasteiger partial charge in [-0.2, -0.15) is 0 Å². The van der Waals surface area contributed by atoms with E-state index in [4.69, 9.17) is 5.73 Å². The number of aliphatic hydroxyl groups excluding tert-OH is 1. The second-order valence-corrected chi connectivity index (χ2v) is 6.74. The van der Waals surface area contributed by atoms with Crippen molar-refractivity contribution in [2.75, 3.05) is 18.8 Å². The van der Waals surface area contributed by atoms with E-state index in [0.29, 0.717) is 23.7 Å². The van der Waals surface area contributed by atoms with E-state index in [2.05, 4.69) is 4.98 Å². The minimum Gasteiger partial charge on any atom is -0.397 e. The molecular formula is C15H19N3O2S. The average molecular weight is 305 g/mol. The highest BCUT2D eigenvalue weighted by molar-refractivity contribution is 7.21. The molecule has 112 valence electrons. The number of carbonyl (C=O) groups excluding carboxylic acids is 1. The van der Waals surface area contributed by atoms with E-state index in [1.54, 1.807) is 11.1 Å². The maximum absolute atomic E-state index is 12.7. The number of amides is 1. The number of hydrogen-bond donors (Lipinski definition) is 2. The number of nitrogens with two attached hydrogens (primary N) is 1. The number of likely N-dealkylation sites (tertiary alicyclic amines) is 1. The summed E-state index contributed by atoms with van der Waals surface area (Å²) in [5.41, 5.74) is 7.71. The van der Waals surface area contributed by atoms with E-state index in [-0.39, 0.29) is 11.8 Å². The van der Waals surface area contributed by atoms with Crippen LogP contribution in [0.3, 0.4) is 0 Å². The Morgan fingerprint density at radius 2 is 2.33 bits per heavy atom. The Morgan fingerprint density at radius 1 is 1.57 bits per heavy atom. The van der Waals surface area contributed by atoms with Crippen molar-refractivity contribution in [3.63, 3.8) is 0 Å². The Kier molecular flexibility index (Phi) is 3.59. The quantitative estimate of drug-likeness (QED) is 0.845. The van der Waals surface area contributed by atoms with Gasteiger partial charge in [-0.25, -0.2) is 4.98 Å². The highest BCUT2D eigenvalue weighted by atomic mass is 32.1. The lowest BCUT2D eigenvalue weighted by atomic mass is 9.96. The molecule has 2 aromatic rings. The average Bonchev–Trinajstić information content (AvgIpc) is 2.80. The van der Waals surface area contributed by atoms with Gasteiger partial charge in [0.15, 0.2) is 0 Å². The maximum atomic E-state index is 12.7. The summed E-state index contributed by atoms with van der Waals surface area (Å²) in [4.78, 5) is 20.0. The Balaban J connectivity index is 1.95. The molecule has 1 aliphatic rings. The Morgan fingerprint density at radius 3 is 3.00 bits per heavy atom. The minimum absolute atomic E-state index is 0.0964. The number of aryl methyl sites for hydroxylation is 1. The number of rotatable bonds is 1. The van der Waals surface area contributed by atoms with Crippen molar-refractivity contribution >= 4 is 33.1 Å². The molecular weight excluding hydrogens is 286 g/mol. The van der Waals surface area contributed by atoms with Crippen molar-refractivity contribution in [2.45, 2.75) is 26.4 Å². The molecule has 2 aromatic heterocycles. The van der Waals surface area contributed by atoms with Crippen LogP contribution in [0.15, 0.2) is 12.3 Å². The Bertz CT molecular complexity index is 698. The van der Waals surface area contributed by atoms with Crippen LogP contribution in [0.2, 0.25) is 0 Å². The van der Waals surface area contributed by atoms with Crippen molar-refractivity contribution in [3.05, 3.63) is 22.7 Å². The van der Waals surface area contributed by atoms with Gasteiger partial charge in [-0.15, -0.1) is 11.3 Å². The minimum atomic E-state index is -0.460.